The third-order valence-electron chi connectivity index (χ3n) is 10.6. The highest BCUT2D eigenvalue weighted by Gasteiger charge is 2.04. The monoisotopic (exact) mass is 915 g/mol. The van der Waals surface area contributed by atoms with E-state index in [9.17, 15) is 0 Å². The van der Waals surface area contributed by atoms with E-state index in [1.165, 1.54) is 77.9 Å². The SMILES string of the molecule is CC.CC.CC.CC.CC.CC.CC.CCc1ccc(Cc2ccc(-c3ccc(Cc4ccc(CC)cc4)cc3)cc2)cc1.CCc1ccc(Cc2ccc(Cc3ccc(CC)cc3)cc2)cc1. The van der Waals surface area contributed by atoms with E-state index in [1.807, 2.05) is 96.9 Å². The second-order valence-electron chi connectivity index (χ2n) is 14.6. The van der Waals surface area contributed by atoms with E-state index in [2.05, 4.69) is 198 Å². The van der Waals surface area contributed by atoms with E-state index in [0.29, 0.717) is 0 Å². The maximum atomic E-state index is 2.27. The van der Waals surface area contributed by atoms with Crippen molar-refractivity contribution in [1.29, 1.82) is 0 Å². The Bertz CT molecular complexity index is 1950. The van der Waals surface area contributed by atoms with Gasteiger partial charge >= 0.3 is 0 Å². The van der Waals surface area contributed by atoms with Crippen molar-refractivity contribution < 1.29 is 0 Å². The van der Waals surface area contributed by atoms with Gasteiger partial charge in [0.25, 0.3) is 0 Å². The Kier molecular flexibility index (Phi) is 40.7. The fourth-order valence-corrected chi connectivity index (χ4v) is 6.92. The van der Waals surface area contributed by atoms with Gasteiger partial charge in [0, 0.05) is 0 Å². The van der Waals surface area contributed by atoms with Crippen LogP contribution in [0.15, 0.2) is 170 Å². The Morgan fingerprint density at radius 1 is 0.162 bits per heavy atom. The summed E-state index contributed by atoms with van der Waals surface area (Å²) in [6, 6.07) is 63.0. The van der Waals surface area contributed by atoms with E-state index in [4.69, 9.17) is 0 Å². The summed E-state index contributed by atoms with van der Waals surface area (Å²) in [5, 5.41) is 0. The second kappa shape index (κ2) is 42.9. The minimum atomic E-state index is 0.986. The van der Waals surface area contributed by atoms with Crippen LogP contribution in [0.25, 0.3) is 11.1 Å². The van der Waals surface area contributed by atoms with Gasteiger partial charge in [-0.3, -0.25) is 0 Å². The molecule has 7 rings (SSSR count). The molecule has 0 amide bonds. The fourth-order valence-electron chi connectivity index (χ4n) is 6.92. The first-order valence-electron chi connectivity index (χ1n) is 27.1. The molecule has 0 heteroatoms. The summed E-state index contributed by atoms with van der Waals surface area (Å²) in [6.45, 7) is 36.8. The Morgan fingerprint density at radius 2 is 0.265 bits per heavy atom. The highest BCUT2D eigenvalue weighted by Crippen LogP contribution is 2.23. The third-order valence-corrected chi connectivity index (χ3v) is 10.6. The van der Waals surface area contributed by atoms with Gasteiger partial charge in [-0.1, -0.05) is 294 Å². The van der Waals surface area contributed by atoms with Crippen molar-refractivity contribution in [3.63, 3.8) is 0 Å². The van der Waals surface area contributed by atoms with Crippen LogP contribution in [0.5, 0.6) is 0 Å². The Balaban J connectivity index is 0. The first-order valence-corrected chi connectivity index (χ1v) is 27.1. The van der Waals surface area contributed by atoms with Crippen LogP contribution in [0.3, 0.4) is 0 Å². The van der Waals surface area contributed by atoms with Crippen LogP contribution in [0.1, 0.15) is 191 Å². The van der Waals surface area contributed by atoms with Gasteiger partial charge in [-0.25, -0.2) is 0 Å². The van der Waals surface area contributed by atoms with Gasteiger partial charge in [-0.2, -0.15) is 0 Å². The smallest absolute Gasteiger partial charge is 0.00258 e. The number of benzene rings is 7. The van der Waals surface area contributed by atoms with Crippen molar-refractivity contribution >= 4 is 0 Å². The Labute approximate surface area is 421 Å². The molecule has 7 aromatic carbocycles. The topological polar surface area (TPSA) is 0 Å². The molecule has 0 aliphatic rings. The molecule has 0 aliphatic carbocycles. The van der Waals surface area contributed by atoms with Crippen molar-refractivity contribution in [1.82, 2.24) is 0 Å². The van der Waals surface area contributed by atoms with Crippen LogP contribution in [0, 0.1) is 0 Å². The number of hydrogen-bond acceptors (Lipinski definition) is 0. The fraction of sp³-hybridized carbons (Fsp3) is 0.382. The zero-order valence-electron chi connectivity index (χ0n) is 46.8. The minimum absolute atomic E-state index is 0.986. The summed E-state index contributed by atoms with van der Waals surface area (Å²) in [6.07, 6.45) is 8.39. The summed E-state index contributed by atoms with van der Waals surface area (Å²) in [5.41, 5.74) is 19.1. The van der Waals surface area contributed by atoms with Crippen molar-refractivity contribution in [2.24, 2.45) is 0 Å². The lowest BCUT2D eigenvalue weighted by molar-refractivity contribution is 1.11. The normalized spacial score (nSPS) is 9.21. The zero-order chi connectivity index (χ0) is 51.5. The number of hydrogen-bond donors (Lipinski definition) is 0. The van der Waals surface area contributed by atoms with Crippen LogP contribution in [0.4, 0.5) is 0 Å². The Hall–Kier alpha value is -5.46. The van der Waals surface area contributed by atoms with E-state index in [-0.39, 0.29) is 0 Å². The largest absolute Gasteiger partial charge is 0.0683 e. The van der Waals surface area contributed by atoms with E-state index in [0.717, 1.165) is 51.4 Å². The van der Waals surface area contributed by atoms with Gasteiger partial charge < -0.3 is 0 Å². The van der Waals surface area contributed by atoms with Gasteiger partial charge in [-0.15, -0.1) is 0 Å². The maximum absolute atomic E-state index is 2.27. The molecule has 0 N–H and O–H groups in total. The molecule has 0 atom stereocenters. The van der Waals surface area contributed by atoms with Gasteiger partial charge in [0.1, 0.15) is 0 Å². The average Bonchev–Trinajstić information content (AvgIpc) is 3.44. The molecule has 0 saturated carbocycles. The molecule has 68 heavy (non-hydrogen) atoms. The number of rotatable bonds is 13. The minimum Gasteiger partial charge on any atom is -0.0683 e. The number of aryl methyl sites for hydroxylation is 4. The summed E-state index contributed by atoms with van der Waals surface area (Å²) < 4.78 is 0. The Morgan fingerprint density at radius 3 is 0.382 bits per heavy atom. The molecule has 0 radical (unpaired) electrons. The molecule has 0 fully saturated rings. The second-order valence-corrected chi connectivity index (χ2v) is 14.6. The first kappa shape index (κ1) is 64.6. The molecular formula is C68H98. The van der Waals surface area contributed by atoms with Crippen LogP contribution in [0.2, 0.25) is 0 Å². The van der Waals surface area contributed by atoms with Gasteiger partial charge in [-0.05, 0) is 129 Å². The molecule has 0 aromatic heterocycles. The summed E-state index contributed by atoms with van der Waals surface area (Å²) >= 11 is 0. The molecule has 0 heterocycles. The summed E-state index contributed by atoms with van der Waals surface area (Å²) in [7, 11) is 0. The lowest BCUT2D eigenvalue weighted by Crippen LogP contribution is -1.92. The molecule has 0 aliphatic heterocycles. The lowest BCUT2D eigenvalue weighted by Gasteiger charge is -2.08. The van der Waals surface area contributed by atoms with Gasteiger partial charge in [0.2, 0.25) is 0 Å². The zero-order valence-corrected chi connectivity index (χ0v) is 46.8. The van der Waals surface area contributed by atoms with E-state index < -0.39 is 0 Å². The average molecular weight is 916 g/mol. The van der Waals surface area contributed by atoms with Gasteiger partial charge in [0.05, 0.1) is 0 Å². The predicted octanol–water partition coefficient (Wildman–Crippen LogP) is 20.8. The first-order chi connectivity index (χ1) is 33.5. The highest BCUT2D eigenvalue weighted by atomic mass is 14.1. The van der Waals surface area contributed by atoms with Crippen LogP contribution >= 0.6 is 0 Å². The molecule has 370 valence electrons. The summed E-state index contributed by atoms with van der Waals surface area (Å²) in [4.78, 5) is 0. The molecule has 0 saturated heterocycles. The van der Waals surface area contributed by atoms with Crippen molar-refractivity contribution in [3.05, 3.63) is 237 Å². The maximum Gasteiger partial charge on any atom is -0.00258 e. The van der Waals surface area contributed by atoms with Crippen LogP contribution in [-0.4, -0.2) is 0 Å². The quantitative estimate of drug-likeness (QED) is 0.108. The standard InChI is InChI=1S/C30H30.C24H26.7C2H6/c1-3-23-5-9-25(10-6-23)21-27-13-17-29(18-14-27)30-19-15-28(16-20-30)22-26-11-7-24(4-2)8-12-26;1-3-19-5-9-21(10-6-19)17-23-13-15-24(16-14-23)18-22-11-7-20(4-2)8-12-22;7*1-2/h5-20H,3-4,21-22H2,1-2H3;5-16H,3-4,17-18H2,1-2H3;7*1-2H3. The molecule has 0 unspecified atom stereocenters. The molecule has 0 nitrogen and oxygen atoms in total. The van der Waals surface area contributed by atoms with Gasteiger partial charge in [0.15, 0.2) is 0 Å². The van der Waals surface area contributed by atoms with E-state index in [1.54, 1.807) is 0 Å². The van der Waals surface area contributed by atoms with E-state index >= 15 is 0 Å². The van der Waals surface area contributed by atoms with Crippen molar-refractivity contribution in [3.8, 4) is 11.1 Å². The van der Waals surface area contributed by atoms with Crippen molar-refractivity contribution in [2.75, 3.05) is 0 Å². The molecule has 0 bridgehead atoms. The molecule has 0 spiro atoms. The van der Waals surface area contributed by atoms with Crippen LogP contribution in [-0.2, 0) is 51.4 Å². The highest BCUT2D eigenvalue weighted by molar-refractivity contribution is 5.64. The summed E-state index contributed by atoms with van der Waals surface area (Å²) in [5.74, 6) is 0. The molecule has 7 aromatic rings. The lowest BCUT2D eigenvalue weighted by atomic mass is 9.97. The van der Waals surface area contributed by atoms with Crippen LogP contribution < -0.4 is 0 Å². The molecular weight excluding hydrogens is 817 g/mol. The predicted molar refractivity (Wildman–Crippen MR) is 312 cm³/mol. The van der Waals surface area contributed by atoms with Crippen molar-refractivity contribution in [2.45, 2.75) is 176 Å². The third kappa shape index (κ3) is 25.1.